The molecule has 0 atom stereocenters. The molecule has 150 valence electrons. The van der Waals surface area contributed by atoms with Gasteiger partial charge in [0, 0.05) is 12.1 Å². The molecule has 0 aliphatic heterocycles. The lowest BCUT2D eigenvalue weighted by Crippen LogP contribution is -2.22. The summed E-state index contributed by atoms with van der Waals surface area (Å²) >= 11 is 6.19. The van der Waals surface area contributed by atoms with Gasteiger partial charge in [-0.1, -0.05) is 30.7 Å². The van der Waals surface area contributed by atoms with E-state index in [0.29, 0.717) is 34.3 Å². The maximum absolute atomic E-state index is 12.3. The van der Waals surface area contributed by atoms with Gasteiger partial charge in [0.05, 0.1) is 29.0 Å². The fourth-order valence-electron chi connectivity index (χ4n) is 2.49. The Kier molecular flexibility index (Phi) is 8.14. The number of para-hydroxylation sites is 2. The Balaban J connectivity index is 1.98. The first-order chi connectivity index (χ1) is 13.4. The van der Waals surface area contributed by atoms with E-state index >= 15 is 0 Å². The smallest absolute Gasteiger partial charge is 0.243 e. The van der Waals surface area contributed by atoms with Crippen molar-refractivity contribution in [1.29, 1.82) is 0 Å². The van der Waals surface area contributed by atoms with E-state index in [1.165, 1.54) is 0 Å². The van der Waals surface area contributed by atoms with E-state index in [-0.39, 0.29) is 24.5 Å². The molecule has 0 saturated carbocycles. The predicted molar refractivity (Wildman–Crippen MR) is 114 cm³/mol. The van der Waals surface area contributed by atoms with Gasteiger partial charge in [0.15, 0.2) is 0 Å². The van der Waals surface area contributed by atoms with E-state index in [1.807, 2.05) is 39.0 Å². The Morgan fingerprint density at radius 3 is 2.50 bits per heavy atom. The molecule has 2 rings (SSSR count). The minimum absolute atomic E-state index is 0.000595. The highest BCUT2D eigenvalue weighted by Crippen LogP contribution is 2.27. The summed E-state index contributed by atoms with van der Waals surface area (Å²) < 4.78 is 5.70. The molecular formula is C21H26ClN3O3. The van der Waals surface area contributed by atoms with Crippen LogP contribution >= 0.6 is 11.6 Å². The van der Waals surface area contributed by atoms with Gasteiger partial charge in [0.1, 0.15) is 5.75 Å². The summed E-state index contributed by atoms with van der Waals surface area (Å²) in [5.41, 5.74) is 1.80. The Morgan fingerprint density at radius 2 is 1.79 bits per heavy atom. The van der Waals surface area contributed by atoms with Crippen molar-refractivity contribution < 1.29 is 14.3 Å². The Labute approximate surface area is 170 Å². The lowest BCUT2D eigenvalue weighted by atomic mass is 10.2. The van der Waals surface area contributed by atoms with Crippen LogP contribution in [-0.4, -0.2) is 24.5 Å². The van der Waals surface area contributed by atoms with Crippen LogP contribution in [-0.2, 0) is 9.59 Å². The second-order valence-corrected chi connectivity index (χ2v) is 6.96. The van der Waals surface area contributed by atoms with Crippen LogP contribution in [0.4, 0.5) is 17.1 Å². The van der Waals surface area contributed by atoms with Crippen molar-refractivity contribution >= 4 is 40.5 Å². The molecule has 2 amide bonds. The summed E-state index contributed by atoms with van der Waals surface area (Å²) in [6, 6.07) is 12.4. The minimum atomic E-state index is -0.240. The highest BCUT2D eigenvalue weighted by Gasteiger charge is 2.10. The average Bonchev–Trinajstić information content (AvgIpc) is 2.63. The van der Waals surface area contributed by atoms with Crippen molar-refractivity contribution in [2.24, 2.45) is 0 Å². The largest absolute Gasteiger partial charge is 0.489 e. The first-order valence-electron chi connectivity index (χ1n) is 9.27. The molecule has 3 N–H and O–H groups in total. The van der Waals surface area contributed by atoms with Gasteiger partial charge in [-0.15, -0.1) is 0 Å². The van der Waals surface area contributed by atoms with Crippen molar-refractivity contribution in [3.8, 4) is 5.75 Å². The zero-order chi connectivity index (χ0) is 20.5. The van der Waals surface area contributed by atoms with Crippen LogP contribution in [0.1, 0.15) is 33.6 Å². The summed E-state index contributed by atoms with van der Waals surface area (Å²) in [6.45, 7) is 5.81. The Hall–Kier alpha value is -2.73. The van der Waals surface area contributed by atoms with Crippen molar-refractivity contribution in [3.05, 3.63) is 47.5 Å². The number of ether oxygens (including phenoxy) is 1. The van der Waals surface area contributed by atoms with Crippen LogP contribution in [0.3, 0.4) is 0 Å². The monoisotopic (exact) mass is 403 g/mol. The number of halogens is 1. The standard InChI is InChI=1S/C21H26ClN3O3/c1-4-7-20(26)24-15-10-11-16(22)18(12-15)23-13-21(27)25-17-8-5-6-9-19(17)28-14(2)3/h5-6,8-12,14,23H,4,7,13H2,1-3H3,(H,24,26)(H,25,27). The van der Waals surface area contributed by atoms with Gasteiger partial charge in [0.2, 0.25) is 11.8 Å². The van der Waals surface area contributed by atoms with E-state index in [1.54, 1.807) is 24.3 Å². The van der Waals surface area contributed by atoms with Gasteiger partial charge in [-0.2, -0.15) is 0 Å². The Bertz CT molecular complexity index is 824. The van der Waals surface area contributed by atoms with E-state index in [0.717, 1.165) is 6.42 Å². The van der Waals surface area contributed by atoms with Gasteiger partial charge in [-0.05, 0) is 50.6 Å². The average molecular weight is 404 g/mol. The quantitative estimate of drug-likeness (QED) is 0.555. The predicted octanol–water partition coefficient (Wildman–Crippen LogP) is 4.92. The molecule has 0 aromatic heterocycles. The molecule has 0 saturated heterocycles. The third-order valence-electron chi connectivity index (χ3n) is 3.69. The molecule has 0 spiro atoms. The molecule has 0 heterocycles. The summed E-state index contributed by atoms with van der Waals surface area (Å²) in [7, 11) is 0. The number of hydrogen-bond acceptors (Lipinski definition) is 4. The summed E-state index contributed by atoms with van der Waals surface area (Å²) in [5.74, 6) is 0.316. The number of nitrogens with one attached hydrogen (secondary N) is 3. The summed E-state index contributed by atoms with van der Waals surface area (Å²) in [4.78, 5) is 24.1. The topological polar surface area (TPSA) is 79.5 Å². The highest BCUT2D eigenvalue weighted by atomic mass is 35.5. The first-order valence-corrected chi connectivity index (χ1v) is 9.65. The fourth-order valence-corrected chi connectivity index (χ4v) is 2.67. The molecule has 2 aromatic rings. The molecular weight excluding hydrogens is 378 g/mol. The third-order valence-corrected chi connectivity index (χ3v) is 4.02. The molecule has 2 aromatic carbocycles. The fraction of sp³-hybridized carbons (Fsp3) is 0.333. The number of hydrogen-bond donors (Lipinski definition) is 3. The number of anilines is 3. The zero-order valence-electron chi connectivity index (χ0n) is 16.3. The number of benzene rings is 2. The molecule has 6 nitrogen and oxygen atoms in total. The zero-order valence-corrected chi connectivity index (χ0v) is 17.1. The molecule has 0 aliphatic carbocycles. The Morgan fingerprint density at radius 1 is 1.04 bits per heavy atom. The highest BCUT2D eigenvalue weighted by molar-refractivity contribution is 6.33. The van der Waals surface area contributed by atoms with Gasteiger partial charge in [0.25, 0.3) is 0 Å². The SMILES string of the molecule is CCCC(=O)Nc1ccc(Cl)c(NCC(=O)Nc2ccccc2OC(C)C)c1. The third kappa shape index (κ3) is 6.78. The van der Waals surface area contributed by atoms with Crippen LogP contribution in [0.15, 0.2) is 42.5 Å². The van der Waals surface area contributed by atoms with Crippen molar-refractivity contribution in [2.75, 3.05) is 22.5 Å². The van der Waals surface area contributed by atoms with E-state index in [9.17, 15) is 9.59 Å². The maximum Gasteiger partial charge on any atom is 0.243 e. The van der Waals surface area contributed by atoms with Crippen molar-refractivity contribution in [3.63, 3.8) is 0 Å². The van der Waals surface area contributed by atoms with Crippen LogP contribution in [0.2, 0.25) is 5.02 Å². The molecule has 7 heteroatoms. The molecule has 0 fully saturated rings. The van der Waals surface area contributed by atoms with Crippen molar-refractivity contribution in [2.45, 2.75) is 39.7 Å². The maximum atomic E-state index is 12.3. The normalized spacial score (nSPS) is 10.5. The molecule has 0 aliphatic rings. The van der Waals surface area contributed by atoms with Crippen molar-refractivity contribution in [1.82, 2.24) is 0 Å². The second kappa shape index (κ2) is 10.6. The molecule has 0 bridgehead atoms. The summed E-state index contributed by atoms with van der Waals surface area (Å²) in [6.07, 6.45) is 1.22. The van der Waals surface area contributed by atoms with Gasteiger partial charge in [-0.3, -0.25) is 9.59 Å². The molecule has 0 radical (unpaired) electrons. The molecule has 0 unspecified atom stereocenters. The van der Waals surface area contributed by atoms with E-state index in [4.69, 9.17) is 16.3 Å². The number of carbonyl (C=O) groups is 2. The van der Waals surface area contributed by atoms with Crippen LogP contribution < -0.4 is 20.7 Å². The van der Waals surface area contributed by atoms with Crippen LogP contribution in [0.25, 0.3) is 0 Å². The lowest BCUT2D eigenvalue weighted by molar-refractivity contribution is -0.116. The second-order valence-electron chi connectivity index (χ2n) is 6.56. The number of rotatable bonds is 9. The lowest BCUT2D eigenvalue weighted by Gasteiger charge is -2.15. The number of carbonyl (C=O) groups excluding carboxylic acids is 2. The molecule has 28 heavy (non-hydrogen) atoms. The minimum Gasteiger partial charge on any atom is -0.489 e. The van der Waals surface area contributed by atoms with Gasteiger partial charge < -0.3 is 20.7 Å². The summed E-state index contributed by atoms with van der Waals surface area (Å²) in [5, 5.41) is 9.10. The van der Waals surface area contributed by atoms with E-state index in [2.05, 4.69) is 16.0 Å². The number of amides is 2. The van der Waals surface area contributed by atoms with Crippen LogP contribution in [0.5, 0.6) is 5.75 Å². The first kappa shape index (κ1) is 21.6. The van der Waals surface area contributed by atoms with Gasteiger partial charge in [-0.25, -0.2) is 0 Å². The van der Waals surface area contributed by atoms with Crippen LogP contribution in [0, 0.1) is 0 Å². The van der Waals surface area contributed by atoms with E-state index < -0.39 is 0 Å². The van der Waals surface area contributed by atoms with Gasteiger partial charge >= 0.3 is 0 Å².